The SMILES string of the molecule is CCC[C@@H](C)NC(=O)c1cccc(NS(=O)(=O)c2ccc(OC)cc2)c1. The lowest BCUT2D eigenvalue weighted by molar-refractivity contribution is 0.0938. The van der Waals surface area contributed by atoms with Crippen LogP contribution in [-0.4, -0.2) is 27.5 Å². The first-order valence-electron chi connectivity index (χ1n) is 8.43. The number of hydrogen-bond donors (Lipinski definition) is 2. The molecule has 2 rings (SSSR count). The van der Waals surface area contributed by atoms with Crippen LogP contribution in [0.1, 0.15) is 37.0 Å². The zero-order valence-electron chi connectivity index (χ0n) is 15.2. The van der Waals surface area contributed by atoms with Crippen LogP contribution in [0.3, 0.4) is 0 Å². The summed E-state index contributed by atoms with van der Waals surface area (Å²) in [6.07, 6.45) is 1.86. The summed E-state index contributed by atoms with van der Waals surface area (Å²) in [5, 5.41) is 2.90. The van der Waals surface area contributed by atoms with E-state index in [2.05, 4.69) is 17.0 Å². The molecule has 0 unspecified atom stereocenters. The van der Waals surface area contributed by atoms with Gasteiger partial charge in [-0.1, -0.05) is 19.4 Å². The van der Waals surface area contributed by atoms with Gasteiger partial charge in [-0.2, -0.15) is 0 Å². The van der Waals surface area contributed by atoms with Gasteiger partial charge in [0.05, 0.1) is 12.0 Å². The molecule has 0 aliphatic rings. The number of carbonyl (C=O) groups excluding carboxylic acids is 1. The number of nitrogens with one attached hydrogen (secondary N) is 2. The van der Waals surface area contributed by atoms with E-state index in [4.69, 9.17) is 4.74 Å². The van der Waals surface area contributed by atoms with Crippen molar-refractivity contribution in [3.8, 4) is 5.75 Å². The van der Waals surface area contributed by atoms with Crippen LogP contribution in [0, 0.1) is 0 Å². The maximum atomic E-state index is 12.5. The number of hydrogen-bond acceptors (Lipinski definition) is 4. The largest absolute Gasteiger partial charge is 0.497 e. The van der Waals surface area contributed by atoms with Crippen molar-refractivity contribution in [2.24, 2.45) is 0 Å². The highest BCUT2D eigenvalue weighted by molar-refractivity contribution is 7.92. The van der Waals surface area contributed by atoms with Gasteiger partial charge in [-0.05, 0) is 55.8 Å². The zero-order valence-corrected chi connectivity index (χ0v) is 16.0. The Kier molecular flexibility index (Phi) is 6.63. The van der Waals surface area contributed by atoms with Crippen LogP contribution in [0.15, 0.2) is 53.4 Å². The van der Waals surface area contributed by atoms with Crippen LogP contribution >= 0.6 is 0 Å². The van der Waals surface area contributed by atoms with E-state index in [1.807, 2.05) is 6.92 Å². The second-order valence-electron chi connectivity index (χ2n) is 6.03. The van der Waals surface area contributed by atoms with Crippen LogP contribution in [0.5, 0.6) is 5.75 Å². The van der Waals surface area contributed by atoms with Crippen LogP contribution in [0.4, 0.5) is 5.69 Å². The van der Waals surface area contributed by atoms with E-state index in [-0.39, 0.29) is 16.8 Å². The fraction of sp³-hybridized carbons (Fsp3) is 0.316. The predicted octanol–water partition coefficient (Wildman–Crippen LogP) is 3.41. The number of sulfonamides is 1. The van der Waals surface area contributed by atoms with Gasteiger partial charge in [0.2, 0.25) is 0 Å². The quantitative estimate of drug-likeness (QED) is 0.739. The van der Waals surface area contributed by atoms with E-state index < -0.39 is 10.0 Å². The smallest absolute Gasteiger partial charge is 0.261 e. The lowest BCUT2D eigenvalue weighted by Crippen LogP contribution is -2.32. The number of amides is 1. The molecule has 0 aromatic heterocycles. The first-order valence-corrected chi connectivity index (χ1v) is 9.92. The lowest BCUT2D eigenvalue weighted by atomic mass is 10.1. The molecule has 0 heterocycles. The normalized spacial score (nSPS) is 12.3. The Morgan fingerprint density at radius 1 is 1.15 bits per heavy atom. The van der Waals surface area contributed by atoms with Crippen molar-refractivity contribution >= 4 is 21.6 Å². The minimum Gasteiger partial charge on any atom is -0.497 e. The Morgan fingerprint density at radius 2 is 1.85 bits per heavy atom. The second kappa shape index (κ2) is 8.71. The monoisotopic (exact) mass is 376 g/mol. The molecular formula is C19H24N2O4S. The van der Waals surface area contributed by atoms with Gasteiger partial charge in [-0.25, -0.2) is 8.42 Å². The van der Waals surface area contributed by atoms with Gasteiger partial charge in [0.15, 0.2) is 0 Å². The molecule has 1 amide bonds. The average molecular weight is 376 g/mol. The van der Waals surface area contributed by atoms with E-state index in [0.717, 1.165) is 12.8 Å². The van der Waals surface area contributed by atoms with Crippen molar-refractivity contribution in [2.75, 3.05) is 11.8 Å². The van der Waals surface area contributed by atoms with Gasteiger partial charge in [0.25, 0.3) is 15.9 Å². The van der Waals surface area contributed by atoms with Gasteiger partial charge >= 0.3 is 0 Å². The molecule has 0 saturated heterocycles. The highest BCUT2D eigenvalue weighted by atomic mass is 32.2. The molecule has 2 aromatic carbocycles. The van der Waals surface area contributed by atoms with Gasteiger partial charge in [-0.15, -0.1) is 0 Å². The van der Waals surface area contributed by atoms with E-state index in [1.54, 1.807) is 30.3 Å². The summed E-state index contributed by atoms with van der Waals surface area (Å²) in [7, 11) is -2.24. The van der Waals surface area contributed by atoms with Crippen LogP contribution in [0.2, 0.25) is 0 Å². The fourth-order valence-electron chi connectivity index (χ4n) is 2.51. The predicted molar refractivity (Wildman–Crippen MR) is 102 cm³/mol. The third-order valence-electron chi connectivity index (χ3n) is 3.85. The Morgan fingerprint density at radius 3 is 2.46 bits per heavy atom. The zero-order chi connectivity index (χ0) is 19.2. The molecule has 26 heavy (non-hydrogen) atoms. The summed E-state index contributed by atoms with van der Waals surface area (Å²) >= 11 is 0. The molecule has 7 heteroatoms. The summed E-state index contributed by atoms with van der Waals surface area (Å²) in [6, 6.07) is 12.6. The third-order valence-corrected chi connectivity index (χ3v) is 5.24. The summed E-state index contributed by atoms with van der Waals surface area (Å²) in [6.45, 7) is 3.99. The first kappa shape index (κ1) is 19.8. The van der Waals surface area contributed by atoms with Crippen LogP contribution < -0.4 is 14.8 Å². The number of anilines is 1. The molecule has 0 saturated carbocycles. The van der Waals surface area contributed by atoms with E-state index >= 15 is 0 Å². The van der Waals surface area contributed by atoms with Crippen molar-refractivity contribution in [3.05, 3.63) is 54.1 Å². The molecule has 0 spiro atoms. The van der Waals surface area contributed by atoms with Gasteiger partial charge in [-0.3, -0.25) is 9.52 Å². The highest BCUT2D eigenvalue weighted by Gasteiger charge is 2.16. The van der Waals surface area contributed by atoms with Crippen molar-refractivity contribution < 1.29 is 17.9 Å². The van der Waals surface area contributed by atoms with Crippen molar-refractivity contribution in [2.45, 2.75) is 37.6 Å². The fourth-order valence-corrected chi connectivity index (χ4v) is 3.55. The standard InChI is InChI=1S/C19H24N2O4S/c1-4-6-14(2)20-19(22)15-7-5-8-16(13-15)21-26(23,24)18-11-9-17(25-3)10-12-18/h5,7-14,21H,4,6H2,1-3H3,(H,20,22)/t14-/m1/s1. The maximum Gasteiger partial charge on any atom is 0.261 e. The van der Waals surface area contributed by atoms with Gasteiger partial charge in [0, 0.05) is 17.3 Å². The number of ether oxygens (including phenoxy) is 1. The molecule has 2 N–H and O–H groups in total. The third kappa shape index (κ3) is 5.23. The molecule has 0 radical (unpaired) electrons. The first-order chi connectivity index (χ1) is 12.4. The molecule has 0 aliphatic heterocycles. The number of rotatable bonds is 8. The number of carbonyl (C=O) groups is 1. The van der Waals surface area contributed by atoms with Crippen molar-refractivity contribution in [1.29, 1.82) is 0 Å². The maximum absolute atomic E-state index is 12.5. The molecule has 0 bridgehead atoms. The number of benzene rings is 2. The Hall–Kier alpha value is -2.54. The van der Waals surface area contributed by atoms with Gasteiger partial charge < -0.3 is 10.1 Å². The van der Waals surface area contributed by atoms with Crippen LogP contribution in [0.25, 0.3) is 0 Å². The highest BCUT2D eigenvalue weighted by Crippen LogP contribution is 2.20. The van der Waals surface area contributed by atoms with Crippen molar-refractivity contribution in [1.82, 2.24) is 5.32 Å². The second-order valence-corrected chi connectivity index (χ2v) is 7.71. The average Bonchev–Trinajstić information content (AvgIpc) is 2.61. The summed E-state index contributed by atoms with van der Waals surface area (Å²) < 4.78 is 32.5. The minimum atomic E-state index is -3.75. The Bertz CT molecular complexity index is 848. The molecular weight excluding hydrogens is 352 g/mol. The topological polar surface area (TPSA) is 84.5 Å². The Labute approximate surface area is 154 Å². The van der Waals surface area contributed by atoms with Crippen molar-refractivity contribution in [3.63, 3.8) is 0 Å². The molecule has 6 nitrogen and oxygen atoms in total. The molecule has 1 atom stereocenters. The summed E-state index contributed by atoms with van der Waals surface area (Å²) in [4.78, 5) is 12.4. The molecule has 0 aliphatic carbocycles. The molecule has 0 fully saturated rings. The molecule has 2 aromatic rings. The minimum absolute atomic E-state index is 0.0622. The van der Waals surface area contributed by atoms with Gasteiger partial charge in [0.1, 0.15) is 5.75 Å². The van der Waals surface area contributed by atoms with Crippen LogP contribution in [-0.2, 0) is 10.0 Å². The van der Waals surface area contributed by atoms with E-state index in [1.165, 1.54) is 25.3 Å². The lowest BCUT2D eigenvalue weighted by Gasteiger charge is -2.14. The van der Waals surface area contributed by atoms with E-state index in [0.29, 0.717) is 17.0 Å². The van der Waals surface area contributed by atoms with E-state index in [9.17, 15) is 13.2 Å². The number of methoxy groups -OCH3 is 1. The summed E-state index contributed by atoms with van der Waals surface area (Å²) in [5.41, 5.74) is 0.736. The summed E-state index contributed by atoms with van der Waals surface area (Å²) in [5.74, 6) is 0.347. The Balaban J connectivity index is 2.15. The molecule has 140 valence electrons.